The maximum atomic E-state index is 12.6. The van der Waals surface area contributed by atoms with Gasteiger partial charge in [0, 0.05) is 34.8 Å². The number of carbonyl (C=O) groups is 1. The van der Waals surface area contributed by atoms with Crippen LogP contribution in [0.3, 0.4) is 0 Å². The fourth-order valence-electron chi connectivity index (χ4n) is 2.97. The van der Waals surface area contributed by atoms with Gasteiger partial charge in [-0.15, -0.1) is 0 Å². The molecule has 10 heteroatoms. The molecule has 0 radical (unpaired) electrons. The summed E-state index contributed by atoms with van der Waals surface area (Å²) in [5.74, 6) is 0.824. The lowest BCUT2D eigenvalue weighted by molar-refractivity contribution is -0.111. The number of hydrogen-bond acceptors (Lipinski definition) is 7. The van der Waals surface area contributed by atoms with E-state index < -0.39 is 10.0 Å². The van der Waals surface area contributed by atoms with Crippen molar-refractivity contribution in [1.29, 1.82) is 0 Å². The number of aryl methyl sites for hydroxylation is 2. The van der Waals surface area contributed by atoms with Crippen molar-refractivity contribution in [3.8, 4) is 11.5 Å². The van der Waals surface area contributed by atoms with Crippen molar-refractivity contribution in [2.75, 3.05) is 24.3 Å². The van der Waals surface area contributed by atoms with Crippen LogP contribution in [0.15, 0.2) is 59.5 Å². The molecule has 172 valence electrons. The van der Waals surface area contributed by atoms with Crippen LogP contribution >= 0.6 is 0 Å². The second kappa shape index (κ2) is 10.1. The molecular formula is C23H24N4O5S. The van der Waals surface area contributed by atoms with Crippen LogP contribution in [0, 0.1) is 13.8 Å². The van der Waals surface area contributed by atoms with Gasteiger partial charge in [0.1, 0.15) is 11.5 Å². The molecule has 0 fully saturated rings. The minimum atomic E-state index is -3.88. The summed E-state index contributed by atoms with van der Waals surface area (Å²) >= 11 is 0. The highest BCUT2D eigenvalue weighted by Crippen LogP contribution is 2.25. The summed E-state index contributed by atoms with van der Waals surface area (Å²) in [7, 11) is -0.790. The highest BCUT2D eigenvalue weighted by Gasteiger charge is 2.16. The Labute approximate surface area is 192 Å². The van der Waals surface area contributed by atoms with E-state index in [4.69, 9.17) is 9.47 Å². The zero-order chi connectivity index (χ0) is 24.0. The van der Waals surface area contributed by atoms with E-state index >= 15 is 0 Å². The van der Waals surface area contributed by atoms with Gasteiger partial charge in [0.05, 0.1) is 19.1 Å². The number of nitrogens with zero attached hydrogens (tertiary/aromatic N) is 2. The van der Waals surface area contributed by atoms with E-state index in [0.29, 0.717) is 34.1 Å². The van der Waals surface area contributed by atoms with E-state index in [1.54, 1.807) is 51.3 Å². The third-order valence-electron chi connectivity index (χ3n) is 4.50. The van der Waals surface area contributed by atoms with Gasteiger partial charge in [0.25, 0.3) is 10.0 Å². The lowest BCUT2D eigenvalue weighted by atomic mass is 10.1. The SMILES string of the molecule is COc1ccc(C=CC(=O)Nc2ccc(S(=O)(=O)Nc3nc(C)cc(C)n3)cc2)c(OC)c1. The van der Waals surface area contributed by atoms with E-state index in [9.17, 15) is 13.2 Å². The maximum Gasteiger partial charge on any atom is 0.264 e. The van der Waals surface area contributed by atoms with E-state index in [2.05, 4.69) is 20.0 Å². The fraction of sp³-hybridized carbons (Fsp3) is 0.174. The second-order valence-electron chi connectivity index (χ2n) is 7.03. The Hall–Kier alpha value is -3.92. The van der Waals surface area contributed by atoms with Crippen molar-refractivity contribution in [2.24, 2.45) is 0 Å². The number of amides is 1. The zero-order valence-corrected chi connectivity index (χ0v) is 19.4. The molecule has 3 aromatic rings. The molecule has 0 bridgehead atoms. The van der Waals surface area contributed by atoms with Crippen molar-refractivity contribution < 1.29 is 22.7 Å². The second-order valence-corrected chi connectivity index (χ2v) is 8.72. The molecule has 1 heterocycles. The van der Waals surface area contributed by atoms with Crippen LogP contribution in [-0.4, -0.2) is 38.5 Å². The van der Waals surface area contributed by atoms with Crippen molar-refractivity contribution in [2.45, 2.75) is 18.7 Å². The average molecular weight is 469 g/mol. The lowest BCUT2D eigenvalue weighted by Crippen LogP contribution is -2.16. The molecule has 0 aliphatic rings. The molecule has 0 aliphatic carbocycles. The van der Waals surface area contributed by atoms with Crippen LogP contribution in [0.25, 0.3) is 6.08 Å². The van der Waals surface area contributed by atoms with Crippen molar-refractivity contribution in [3.63, 3.8) is 0 Å². The third-order valence-corrected chi connectivity index (χ3v) is 5.84. The van der Waals surface area contributed by atoms with E-state index in [1.165, 1.54) is 37.5 Å². The quantitative estimate of drug-likeness (QED) is 0.485. The predicted molar refractivity (Wildman–Crippen MR) is 126 cm³/mol. The Morgan fingerprint density at radius 1 is 0.939 bits per heavy atom. The monoisotopic (exact) mass is 468 g/mol. The highest BCUT2D eigenvalue weighted by atomic mass is 32.2. The summed E-state index contributed by atoms with van der Waals surface area (Å²) in [5.41, 5.74) is 2.44. The third kappa shape index (κ3) is 6.30. The Kier molecular flexibility index (Phi) is 7.29. The molecule has 0 spiro atoms. The van der Waals surface area contributed by atoms with Crippen LogP contribution in [-0.2, 0) is 14.8 Å². The number of methoxy groups -OCH3 is 2. The molecule has 2 N–H and O–H groups in total. The standard InChI is InChI=1S/C23H24N4O5S/c1-15-13-16(2)25-23(24-15)27-33(29,30)20-10-7-18(8-11-20)26-22(28)12-6-17-5-9-19(31-3)14-21(17)32-4/h5-14H,1-4H3,(H,26,28)(H,24,25,27). The van der Waals surface area contributed by atoms with Gasteiger partial charge in [0.15, 0.2) is 0 Å². The van der Waals surface area contributed by atoms with Crippen LogP contribution in [0.2, 0.25) is 0 Å². The Bertz CT molecular complexity index is 1270. The molecule has 0 atom stereocenters. The Morgan fingerprint density at radius 2 is 1.61 bits per heavy atom. The predicted octanol–water partition coefficient (Wildman–Crippen LogP) is 3.56. The molecular weight excluding hydrogens is 444 g/mol. The number of carbonyl (C=O) groups excluding carboxylic acids is 1. The fourth-order valence-corrected chi connectivity index (χ4v) is 3.92. The van der Waals surface area contributed by atoms with Gasteiger partial charge in [-0.1, -0.05) is 0 Å². The van der Waals surface area contributed by atoms with Crippen LogP contribution in [0.1, 0.15) is 17.0 Å². The van der Waals surface area contributed by atoms with Crippen molar-refractivity contribution in [3.05, 3.63) is 71.6 Å². The molecule has 3 rings (SSSR count). The molecule has 0 saturated heterocycles. The zero-order valence-electron chi connectivity index (χ0n) is 18.6. The number of aromatic nitrogens is 2. The highest BCUT2D eigenvalue weighted by molar-refractivity contribution is 7.92. The van der Waals surface area contributed by atoms with Gasteiger partial charge in [-0.25, -0.2) is 23.1 Å². The van der Waals surface area contributed by atoms with Gasteiger partial charge in [0.2, 0.25) is 11.9 Å². The van der Waals surface area contributed by atoms with Gasteiger partial charge in [-0.2, -0.15) is 0 Å². The Balaban J connectivity index is 1.67. The molecule has 9 nitrogen and oxygen atoms in total. The molecule has 33 heavy (non-hydrogen) atoms. The Morgan fingerprint density at radius 3 is 2.21 bits per heavy atom. The number of ether oxygens (including phenoxy) is 2. The van der Waals surface area contributed by atoms with Gasteiger partial charge >= 0.3 is 0 Å². The summed E-state index contributed by atoms with van der Waals surface area (Å²) in [6.45, 7) is 3.51. The van der Waals surface area contributed by atoms with Gasteiger partial charge < -0.3 is 14.8 Å². The summed E-state index contributed by atoms with van der Waals surface area (Å²) in [6.07, 6.45) is 2.97. The van der Waals surface area contributed by atoms with Gasteiger partial charge in [-0.05, 0) is 62.4 Å². The first-order chi connectivity index (χ1) is 15.7. The first-order valence-electron chi connectivity index (χ1n) is 9.86. The van der Waals surface area contributed by atoms with Crippen molar-refractivity contribution >= 4 is 33.6 Å². The molecule has 0 aliphatic heterocycles. The normalized spacial score (nSPS) is 11.3. The van der Waals surface area contributed by atoms with Crippen LogP contribution < -0.4 is 19.5 Å². The number of hydrogen-bond donors (Lipinski definition) is 2. The summed E-state index contributed by atoms with van der Waals surface area (Å²) in [5, 5.41) is 2.68. The number of anilines is 2. The first kappa shape index (κ1) is 23.7. The lowest BCUT2D eigenvalue weighted by Gasteiger charge is -2.09. The number of nitrogens with one attached hydrogen (secondary N) is 2. The first-order valence-corrected chi connectivity index (χ1v) is 11.3. The van der Waals surface area contributed by atoms with Crippen molar-refractivity contribution in [1.82, 2.24) is 9.97 Å². The van der Waals surface area contributed by atoms with E-state index in [0.717, 1.165) is 0 Å². The molecule has 2 aromatic carbocycles. The van der Waals surface area contributed by atoms with Gasteiger partial charge in [-0.3, -0.25) is 4.79 Å². The molecule has 0 saturated carbocycles. The molecule has 1 amide bonds. The van der Waals surface area contributed by atoms with E-state index in [-0.39, 0.29) is 16.8 Å². The smallest absolute Gasteiger partial charge is 0.264 e. The number of benzene rings is 2. The summed E-state index contributed by atoms with van der Waals surface area (Å²) in [6, 6.07) is 12.8. The minimum absolute atomic E-state index is 0.00368. The van der Waals surface area contributed by atoms with E-state index in [1.807, 2.05) is 0 Å². The minimum Gasteiger partial charge on any atom is -0.497 e. The topological polar surface area (TPSA) is 120 Å². The number of rotatable bonds is 8. The van der Waals surface area contributed by atoms with Crippen LogP contribution in [0.4, 0.5) is 11.6 Å². The largest absolute Gasteiger partial charge is 0.497 e. The average Bonchev–Trinajstić information content (AvgIpc) is 2.77. The number of sulfonamides is 1. The maximum absolute atomic E-state index is 12.6. The summed E-state index contributed by atoms with van der Waals surface area (Å²) in [4.78, 5) is 20.5. The van der Waals surface area contributed by atoms with Crippen LogP contribution in [0.5, 0.6) is 11.5 Å². The summed E-state index contributed by atoms with van der Waals surface area (Å²) < 4.78 is 38.1. The molecule has 0 unspecified atom stereocenters. The molecule has 1 aromatic heterocycles.